The lowest BCUT2D eigenvalue weighted by atomic mass is 9.87. The highest BCUT2D eigenvalue weighted by Gasteiger charge is 2.31. The largest absolute Gasteiger partial charge is 0.461 e. The second kappa shape index (κ2) is 28.7. The Morgan fingerprint density at radius 3 is 1.48 bits per heavy atom. The van der Waals surface area contributed by atoms with E-state index in [4.69, 9.17) is 23.7 Å². The number of amides is 1. The van der Waals surface area contributed by atoms with E-state index in [0.717, 1.165) is 54.4 Å². The van der Waals surface area contributed by atoms with E-state index in [2.05, 4.69) is 98.6 Å². The number of benzene rings is 4. The van der Waals surface area contributed by atoms with Gasteiger partial charge < -0.3 is 29.0 Å². The van der Waals surface area contributed by atoms with E-state index < -0.39 is 12.2 Å². The standard InChI is InChI=1S/C54H71NO7/c1-7-8-23-42(3)54(61-40-49-30-19-12-20-31-49)53(60-39-48-28-17-11-18-29-48)35-41(2)34-50(58-37-46-24-13-9-14-25-46)32-21-22-33-51(62-45(6)57)36-52(43(4)55-44(5)56)59-38-47-26-15-10-16-27-47/h9-20,24-31,41-43,50-54H,7-8,23,32-40H2,1-6H3,(H,55,56)/t41-,42+,43-,50+,51+,52-,53-,54+/m0/s1. The van der Waals surface area contributed by atoms with Gasteiger partial charge in [-0.1, -0.05) is 161 Å². The Morgan fingerprint density at radius 2 is 1.02 bits per heavy atom. The molecule has 8 atom stereocenters. The average Bonchev–Trinajstić information content (AvgIpc) is 3.27. The fourth-order valence-corrected chi connectivity index (χ4v) is 7.76. The lowest BCUT2D eigenvalue weighted by Gasteiger charge is -2.34. The summed E-state index contributed by atoms with van der Waals surface area (Å²) in [6, 6.07) is 40.5. The smallest absolute Gasteiger partial charge is 0.302 e. The van der Waals surface area contributed by atoms with E-state index in [1.807, 2.05) is 67.6 Å². The molecule has 0 bridgehead atoms. The van der Waals surface area contributed by atoms with Gasteiger partial charge in [0.25, 0.3) is 0 Å². The van der Waals surface area contributed by atoms with Crippen LogP contribution >= 0.6 is 0 Å². The molecule has 0 aliphatic heterocycles. The van der Waals surface area contributed by atoms with Crippen molar-refractivity contribution in [2.24, 2.45) is 11.8 Å². The van der Waals surface area contributed by atoms with Crippen molar-refractivity contribution in [2.75, 3.05) is 0 Å². The van der Waals surface area contributed by atoms with Gasteiger partial charge in [-0.05, 0) is 60.3 Å². The van der Waals surface area contributed by atoms with Crippen molar-refractivity contribution in [1.82, 2.24) is 5.32 Å². The first-order valence-corrected chi connectivity index (χ1v) is 22.6. The van der Waals surface area contributed by atoms with E-state index in [9.17, 15) is 9.59 Å². The highest BCUT2D eigenvalue weighted by atomic mass is 16.5. The Bertz CT molecular complexity index is 1860. The molecule has 62 heavy (non-hydrogen) atoms. The number of unbranched alkanes of at least 4 members (excludes halogenated alkanes) is 1. The van der Waals surface area contributed by atoms with Crippen LogP contribution in [0.5, 0.6) is 0 Å². The number of hydrogen-bond donors (Lipinski definition) is 1. The predicted molar refractivity (Wildman–Crippen MR) is 248 cm³/mol. The molecule has 1 N–H and O–H groups in total. The van der Waals surface area contributed by atoms with Crippen LogP contribution in [-0.2, 0) is 59.7 Å². The molecule has 0 unspecified atom stereocenters. The third kappa shape index (κ3) is 19.9. The summed E-state index contributed by atoms with van der Waals surface area (Å²) in [6.45, 7) is 13.5. The average molecular weight is 846 g/mol. The van der Waals surface area contributed by atoms with Crippen LogP contribution in [0.1, 0.15) is 115 Å². The lowest BCUT2D eigenvalue weighted by Crippen LogP contribution is -2.43. The van der Waals surface area contributed by atoms with Gasteiger partial charge in [0.15, 0.2) is 0 Å². The molecule has 1 amide bonds. The zero-order valence-electron chi connectivity index (χ0n) is 38.0. The summed E-state index contributed by atoms with van der Waals surface area (Å²) in [5.41, 5.74) is 4.41. The molecule has 0 heterocycles. The van der Waals surface area contributed by atoms with Crippen molar-refractivity contribution in [3.63, 3.8) is 0 Å². The first kappa shape index (κ1) is 49.9. The highest BCUT2D eigenvalue weighted by Crippen LogP contribution is 2.29. The van der Waals surface area contributed by atoms with Gasteiger partial charge in [-0.25, -0.2) is 0 Å². The van der Waals surface area contributed by atoms with Gasteiger partial charge in [0.2, 0.25) is 5.91 Å². The van der Waals surface area contributed by atoms with Crippen LogP contribution in [-0.4, -0.2) is 48.4 Å². The molecule has 4 rings (SSSR count). The van der Waals surface area contributed by atoms with Gasteiger partial charge in [0.1, 0.15) is 6.10 Å². The summed E-state index contributed by atoms with van der Waals surface area (Å²) in [5.74, 6) is 6.71. The molecular weight excluding hydrogens is 775 g/mol. The van der Waals surface area contributed by atoms with Crippen molar-refractivity contribution < 1.29 is 33.3 Å². The molecule has 0 aliphatic rings. The molecule has 334 valence electrons. The number of nitrogens with one attached hydrogen (secondary N) is 1. The number of rotatable bonds is 28. The van der Waals surface area contributed by atoms with Gasteiger partial charge in [-0.3, -0.25) is 9.59 Å². The number of hydrogen-bond acceptors (Lipinski definition) is 7. The minimum absolute atomic E-state index is 0.0940. The van der Waals surface area contributed by atoms with E-state index in [0.29, 0.717) is 51.6 Å². The van der Waals surface area contributed by atoms with Crippen LogP contribution in [0.2, 0.25) is 0 Å². The van der Waals surface area contributed by atoms with Crippen molar-refractivity contribution >= 4 is 11.9 Å². The third-order valence-corrected chi connectivity index (χ3v) is 11.1. The Kier molecular flexibility index (Phi) is 23.1. The fourth-order valence-electron chi connectivity index (χ4n) is 7.76. The maximum Gasteiger partial charge on any atom is 0.302 e. The van der Waals surface area contributed by atoms with Crippen molar-refractivity contribution in [3.05, 3.63) is 144 Å². The molecular formula is C54H71NO7. The number of ether oxygens (including phenoxy) is 5. The normalized spacial score (nSPS) is 15.1. The van der Waals surface area contributed by atoms with Crippen molar-refractivity contribution in [2.45, 2.75) is 156 Å². The topological polar surface area (TPSA) is 92.3 Å². The molecule has 4 aromatic rings. The SMILES string of the molecule is CCCC[C@@H](C)[C@@H](OCc1ccccc1)[C@H](C[C@@H](C)C[C@@H](CC#CC[C@H](C[C@H](OCc1ccccc1)[C@H](C)NC(C)=O)OC(C)=O)OCc1ccccc1)OCc1ccccc1. The van der Waals surface area contributed by atoms with Gasteiger partial charge in [0.05, 0.1) is 56.9 Å². The van der Waals surface area contributed by atoms with Crippen LogP contribution in [0.3, 0.4) is 0 Å². The summed E-state index contributed by atoms with van der Waals surface area (Å²) in [6.07, 6.45) is 4.80. The Hall–Kier alpha value is -4.78. The minimum atomic E-state index is -0.523. The summed E-state index contributed by atoms with van der Waals surface area (Å²) in [7, 11) is 0. The summed E-state index contributed by atoms with van der Waals surface area (Å²) in [5, 5.41) is 2.96. The van der Waals surface area contributed by atoms with Crippen molar-refractivity contribution in [1.29, 1.82) is 0 Å². The van der Waals surface area contributed by atoms with Gasteiger partial charge >= 0.3 is 5.97 Å². The Balaban J connectivity index is 1.51. The fraction of sp³-hybridized carbons (Fsp3) is 0.481. The van der Waals surface area contributed by atoms with Gasteiger partial charge in [-0.15, -0.1) is 5.92 Å². The molecule has 0 saturated carbocycles. The van der Waals surface area contributed by atoms with E-state index in [1.165, 1.54) is 13.8 Å². The molecule has 8 heteroatoms. The quantitative estimate of drug-likeness (QED) is 0.0449. The maximum absolute atomic E-state index is 12.3. The molecule has 0 radical (unpaired) electrons. The Morgan fingerprint density at radius 1 is 0.565 bits per heavy atom. The highest BCUT2D eigenvalue weighted by molar-refractivity contribution is 5.73. The first-order valence-electron chi connectivity index (χ1n) is 22.6. The lowest BCUT2D eigenvalue weighted by molar-refractivity contribution is -0.148. The second-order valence-electron chi connectivity index (χ2n) is 16.8. The molecule has 0 aromatic heterocycles. The zero-order valence-corrected chi connectivity index (χ0v) is 38.0. The Labute approximate surface area is 372 Å². The number of esters is 1. The predicted octanol–water partition coefficient (Wildman–Crippen LogP) is 11.2. The van der Waals surface area contributed by atoms with E-state index >= 15 is 0 Å². The van der Waals surface area contributed by atoms with Gasteiger partial charge in [0, 0.05) is 33.1 Å². The summed E-state index contributed by atoms with van der Waals surface area (Å²) < 4.78 is 32.4. The van der Waals surface area contributed by atoms with E-state index in [1.54, 1.807) is 0 Å². The van der Waals surface area contributed by atoms with Crippen LogP contribution in [0.15, 0.2) is 121 Å². The first-order chi connectivity index (χ1) is 30.1. The minimum Gasteiger partial charge on any atom is -0.461 e. The molecule has 0 fully saturated rings. The molecule has 8 nitrogen and oxygen atoms in total. The third-order valence-electron chi connectivity index (χ3n) is 11.1. The van der Waals surface area contributed by atoms with Gasteiger partial charge in [-0.2, -0.15) is 0 Å². The van der Waals surface area contributed by atoms with Crippen LogP contribution in [0.4, 0.5) is 0 Å². The number of carbonyl (C=O) groups is 2. The summed E-state index contributed by atoms with van der Waals surface area (Å²) >= 11 is 0. The van der Waals surface area contributed by atoms with E-state index in [-0.39, 0.29) is 42.1 Å². The van der Waals surface area contributed by atoms with Crippen molar-refractivity contribution in [3.8, 4) is 11.8 Å². The van der Waals surface area contributed by atoms with Crippen LogP contribution in [0.25, 0.3) is 0 Å². The molecule has 0 aliphatic carbocycles. The second-order valence-corrected chi connectivity index (χ2v) is 16.8. The molecule has 4 aromatic carbocycles. The zero-order chi connectivity index (χ0) is 44.4. The number of carbonyl (C=O) groups excluding carboxylic acids is 2. The van der Waals surface area contributed by atoms with Crippen LogP contribution < -0.4 is 5.32 Å². The summed E-state index contributed by atoms with van der Waals surface area (Å²) in [4.78, 5) is 24.3. The molecule has 0 spiro atoms. The monoisotopic (exact) mass is 846 g/mol. The van der Waals surface area contributed by atoms with Crippen LogP contribution in [0, 0.1) is 23.7 Å². The molecule has 0 saturated heterocycles. The maximum atomic E-state index is 12.3.